The third-order valence-electron chi connectivity index (χ3n) is 5.98. The van der Waals surface area contributed by atoms with Crippen LogP contribution in [0.3, 0.4) is 0 Å². The largest absolute Gasteiger partial charge is 0.356 e. The lowest BCUT2D eigenvalue weighted by molar-refractivity contribution is 0.415. The van der Waals surface area contributed by atoms with Gasteiger partial charge in [0.25, 0.3) is 0 Å². The fraction of sp³-hybridized carbons (Fsp3) is 0.667. The SMILES string of the molecule is CN(c1ncnc2[nH]ccc12)C1CCC(S(=O)(=O)NC2CCCC2)CC1. The molecule has 2 aromatic heterocycles. The van der Waals surface area contributed by atoms with Crippen molar-refractivity contribution in [3.8, 4) is 0 Å². The topological polar surface area (TPSA) is 91.0 Å². The Balaban J connectivity index is 1.40. The Bertz CT molecular complexity index is 851. The summed E-state index contributed by atoms with van der Waals surface area (Å²) in [7, 11) is -1.16. The molecule has 0 aliphatic heterocycles. The average molecular weight is 378 g/mol. The van der Waals surface area contributed by atoms with Gasteiger partial charge in [-0.2, -0.15) is 0 Å². The molecule has 4 rings (SSSR count). The van der Waals surface area contributed by atoms with E-state index in [0.717, 1.165) is 55.4 Å². The summed E-state index contributed by atoms with van der Waals surface area (Å²) in [6.07, 6.45) is 10.8. The minimum Gasteiger partial charge on any atom is -0.356 e. The Morgan fingerprint density at radius 1 is 1.12 bits per heavy atom. The first-order chi connectivity index (χ1) is 12.5. The summed E-state index contributed by atoms with van der Waals surface area (Å²) in [5.41, 5.74) is 0.832. The van der Waals surface area contributed by atoms with Gasteiger partial charge in [-0.15, -0.1) is 0 Å². The van der Waals surface area contributed by atoms with Gasteiger partial charge in [0.2, 0.25) is 10.0 Å². The molecule has 0 aromatic carbocycles. The maximum atomic E-state index is 12.7. The Kier molecular flexibility index (Phi) is 4.88. The maximum absolute atomic E-state index is 12.7. The number of fused-ring (bicyclic) bond motifs is 1. The number of nitrogens with zero attached hydrogens (tertiary/aromatic N) is 3. The van der Waals surface area contributed by atoms with Gasteiger partial charge in [0.1, 0.15) is 17.8 Å². The molecule has 0 amide bonds. The van der Waals surface area contributed by atoms with E-state index in [9.17, 15) is 8.42 Å². The van der Waals surface area contributed by atoms with Gasteiger partial charge >= 0.3 is 0 Å². The molecule has 2 fully saturated rings. The van der Waals surface area contributed by atoms with Crippen LogP contribution < -0.4 is 9.62 Å². The molecule has 2 saturated carbocycles. The summed E-state index contributed by atoms with van der Waals surface area (Å²) in [5.74, 6) is 0.909. The van der Waals surface area contributed by atoms with Crippen molar-refractivity contribution in [1.82, 2.24) is 19.7 Å². The van der Waals surface area contributed by atoms with Gasteiger partial charge in [-0.25, -0.2) is 23.1 Å². The van der Waals surface area contributed by atoms with Crippen molar-refractivity contribution in [1.29, 1.82) is 0 Å². The first-order valence-corrected chi connectivity index (χ1v) is 11.1. The molecule has 0 radical (unpaired) electrons. The smallest absolute Gasteiger partial charge is 0.214 e. The second kappa shape index (κ2) is 7.15. The van der Waals surface area contributed by atoms with Crippen molar-refractivity contribution in [2.75, 3.05) is 11.9 Å². The Hall–Kier alpha value is -1.67. The van der Waals surface area contributed by atoms with E-state index >= 15 is 0 Å². The van der Waals surface area contributed by atoms with Gasteiger partial charge in [0.05, 0.1) is 10.6 Å². The Morgan fingerprint density at radius 3 is 2.58 bits per heavy atom. The van der Waals surface area contributed by atoms with E-state index in [4.69, 9.17) is 0 Å². The molecule has 2 heterocycles. The lowest BCUT2D eigenvalue weighted by Crippen LogP contribution is -2.44. The number of sulfonamides is 1. The summed E-state index contributed by atoms with van der Waals surface area (Å²) in [4.78, 5) is 14.0. The number of rotatable bonds is 5. The second-order valence-electron chi connectivity index (χ2n) is 7.62. The molecule has 2 aliphatic rings. The van der Waals surface area contributed by atoms with Gasteiger partial charge in [-0.05, 0) is 44.6 Å². The van der Waals surface area contributed by atoms with Crippen LogP contribution in [-0.2, 0) is 10.0 Å². The third-order valence-corrected chi connectivity index (χ3v) is 7.99. The molecule has 0 saturated heterocycles. The molecule has 0 unspecified atom stereocenters. The first kappa shape index (κ1) is 17.7. The van der Waals surface area contributed by atoms with Crippen LogP contribution in [0.25, 0.3) is 11.0 Å². The van der Waals surface area contributed by atoms with Crippen LogP contribution in [0, 0.1) is 0 Å². The Labute approximate surface area is 154 Å². The summed E-state index contributed by atoms with van der Waals surface area (Å²) in [5, 5.41) is 0.748. The molecular formula is C18H27N5O2S. The fourth-order valence-electron chi connectivity index (χ4n) is 4.43. The van der Waals surface area contributed by atoms with Crippen molar-refractivity contribution in [3.05, 3.63) is 18.6 Å². The van der Waals surface area contributed by atoms with Crippen molar-refractivity contribution < 1.29 is 8.42 Å². The van der Waals surface area contributed by atoms with Gasteiger partial charge in [0, 0.05) is 25.3 Å². The highest BCUT2D eigenvalue weighted by Crippen LogP contribution is 2.31. The van der Waals surface area contributed by atoms with Crippen LogP contribution in [0.5, 0.6) is 0 Å². The normalized spacial score (nSPS) is 25.0. The fourth-order valence-corrected chi connectivity index (χ4v) is 6.21. The molecule has 0 bridgehead atoms. The summed E-state index contributed by atoms with van der Waals surface area (Å²) in [6, 6.07) is 2.45. The van der Waals surface area contributed by atoms with Crippen molar-refractivity contribution in [3.63, 3.8) is 0 Å². The zero-order chi connectivity index (χ0) is 18.1. The van der Waals surface area contributed by atoms with Gasteiger partial charge < -0.3 is 9.88 Å². The lowest BCUT2D eigenvalue weighted by Gasteiger charge is -2.35. The first-order valence-electron chi connectivity index (χ1n) is 9.56. The van der Waals surface area contributed by atoms with Crippen LogP contribution in [0.15, 0.2) is 18.6 Å². The minimum atomic E-state index is -3.21. The van der Waals surface area contributed by atoms with Gasteiger partial charge in [-0.1, -0.05) is 12.8 Å². The lowest BCUT2D eigenvalue weighted by atomic mass is 9.94. The van der Waals surface area contributed by atoms with Crippen LogP contribution in [0.2, 0.25) is 0 Å². The van der Waals surface area contributed by atoms with Gasteiger partial charge in [-0.3, -0.25) is 0 Å². The molecule has 2 N–H and O–H groups in total. The van der Waals surface area contributed by atoms with Crippen molar-refractivity contribution in [2.24, 2.45) is 0 Å². The van der Waals surface area contributed by atoms with Crippen LogP contribution >= 0.6 is 0 Å². The van der Waals surface area contributed by atoms with E-state index in [1.54, 1.807) is 6.33 Å². The van der Waals surface area contributed by atoms with E-state index < -0.39 is 10.0 Å². The quantitative estimate of drug-likeness (QED) is 0.836. The van der Waals surface area contributed by atoms with Gasteiger partial charge in [0.15, 0.2) is 0 Å². The number of hydrogen-bond acceptors (Lipinski definition) is 5. The van der Waals surface area contributed by atoms with Crippen molar-refractivity contribution >= 4 is 26.9 Å². The molecule has 0 spiro atoms. The molecule has 2 aliphatic carbocycles. The summed E-state index contributed by atoms with van der Waals surface area (Å²) >= 11 is 0. The number of hydrogen-bond donors (Lipinski definition) is 2. The summed E-state index contributed by atoms with van der Waals surface area (Å²) < 4.78 is 28.3. The van der Waals surface area contributed by atoms with Crippen LogP contribution in [0.4, 0.5) is 5.82 Å². The molecule has 142 valence electrons. The molecular weight excluding hydrogens is 350 g/mol. The third kappa shape index (κ3) is 3.44. The minimum absolute atomic E-state index is 0.156. The monoisotopic (exact) mass is 377 g/mol. The highest BCUT2D eigenvalue weighted by Gasteiger charge is 2.34. The highest BCUT2D eigenvalue weighted by atomic mass is 32.2. The van der Waals surface area contributed by atoms with Crippen LogP contribution in [0.1, 0.15) is 51.4 Å². The van der Waals surface area contributed by atoms with E-state index in [1.807, 2.05) is 19.3 Å². The van der Waals surface area contributed by atoms with Crippen LogP contribution in [-0.4, -0.2) is 47.8 Å². The number of H-pyrrole nitrogens is 1. The van der Waals surface area contributed by atoms with Crippen molar-refractivity contribution in [2.45, 2.75) is 68.7 Å². The molecule has 7 nitrogen and oxygen atoms in total. The standard InChI is InChI=1S/C18H27N5O2S/c1-23(18-16-10-11-19-17(16)20-12-21-18)14-6-8-15(9-7-14)26(24,25)22-13-4-2-3-5-13/h10-15,22H,2-9H2,1H3,(H,19,20,21). The predicted molar refractivity (Wildman–Crippen MR) is 103 cm³/mol. The zero-order valence-electron chi connectivity index (χ0n) is 15.2. The van der Waals surface area contributed by atoms with E-state index in [1.165, 1.54) is 0 Å². The average Bonchev–Trinajstić information content (AvgIpc) is 3.32. The predicted octanol–water partition coefficient (Wildman–Crippen LogP) is 2.57. The van der Waals surface area contributed by atoms with E-state index in [-0.39, 0.29) is 11.3 Å². The number of nitrogens with one attached hydrogen (secondary N) is 2. The Morgan fingerprint density at radius 2 is 1.85 bits per heavy atom. The maximum Gasteiger partial charge on any atom is 0.214 e. The highest BCUT2D eigenvalue weighted by molar-refractivity contribution is 7.90. The molecule has 2 aromatic rings. The molecule has 26 heavy (non-hydrogen) atoms. The molecule has 8 heteroatoms. The van der Waals surface area contributed by atoms with E-state index in [2.05, 4.69) is 24.6 Å². The molecule has 0 atom stereocenters. The number of aromatic amines is 1. The second-order valence-corrected chi connectivity index (χ2v) is 9.62. The summed E-state index contributed by atoms with van der Waals surface area (Å²) in [6.45, 7) is 0. The number of aromatic nitrogens is 3. The number of anilines is 1. The zero-order valence-corrected chi connectivity index (χ0v) is 16.0. The van der Waals surface area contributed by atoms with E-state index in [0.29, 0.717) is 18.9 Å².